The van der Waals surface area contributed by atoms with Crippen LogP contribution >= 0.6 is 0 Å². The molecular weight excluding hydrogens is 386 g/mol. The van der Waals surface area contributed by atoms with Crippen molar-refractivity contribution in [2.75, 3.05) is 6.54 Å². The molecule has 0 bridgehead atoms. The van der Waals surface area contributed by atoms with E-state index in [1.54, 1.807) is 13.1 Å². The van der Waals surface area contributed by atoms with Crippen molar-refractivity contribution in [2.45, 2.75) is 72.4 Å². The van der Waals surface area contributed by atoms with Crippen molar-refractivity contribution in [1.82, 2.24) is 15.2 Å². The van der Waals surface area contributed by atoms with Crippen molar-refractivity contribution < 1.29 is 9.59 Å². The Morgan fingerprint density at radius 1 is 1.19 bits per heavy atom. The summed E-state index contributed by atoms with van der Waals surface area (Å²) in [5.74, 6) is 0.320. The Kier molecular flexibility index (Phi) is 7.47. The fourth-order valence-corrected chi connectivity index (χ4v) is 5.18. The number of rotatable bonds is 9. The number of benzene rings is 1. The molecular formula is C26H35N3O2. The molecule has 0 spiro atoms. The molecule has 2 heterocycles. The van der Waals surface area contributed by atoms with Gasteiger partial charge in [-0.15, -0.1) is 0 Å². The van der Waals surface area contributed by atoms with E-state index in [9.17, 15) is 9.59 Å². The van der Waals surface area contributed by atoms with Crippen LogP contribution in [0.1, 0.15) is 71.9 Å². The van der Waals surface area contributed by atoms with Crippen LogP contribution in [0.3, 0.4) is 0 Å². The fourth-order valence-electron chi connectivity index (χ4n) is 5.18. The normalized spacial score (nSPS) is 16.9. The average Bonchev–Trinajstić information content (AvgIpc) is 3.10. The fraction of sp³-hybridized carbons (Fsp3) is 0.500. The first-order valence-corrected chi connectivity index (χ1v) is 11.5. The third-order valence-corrected chi connectivity index (χ3v) is 6.65. The van der Waals surface area contributed by atoms with Gasteiger partial charge in [0.05, 0.1) is 6.04 Å². The Labute approximate surface area is 185 Å². The summed E-state index contributed by atoms with van der Waals surface area (Å²) in [4.78, 5) is 32.6. The van der Waals surface area contributed by atoms with E-state index in [-0.39, 0.29) is 17.9 Å². The van der Waals surface area contributed by atoms with Crippen molar-refractivity contribution in [2.24, 2.45) is 5.92 Å². The standard InChI is InChI=1S/C26H35N3O2/c1-6-10-19(7-2)23(8-3)29(18(5)30)25(24-17(4)15-28-26(24)31)21-12-9-11-20-13-14-27-16-22(20)21/h9,11-14,16,19,23,25H,6-8,10,15H2,1-5H3,(H,28,31)/t19?,23-,25?/m1/s1. The zero-order valence-electron chi connectivity index (χ0n) is 19.4. The summed E-state index contributed by atoms with van der Waals surface area (Å²) in [6.45, 7) is 10.7. The van der Waals surface area contributed by atoms with Crippen molar-refractivity contribution in [3.05, 3.63) is 53.4 Å². The Hall–Kier alpha value is -2.69. The maximum absolute atomic E-state index is 13.2. The van der Waals surface area contributed by atoms with Crippen LogP contribution in [0.15, 0.2) is 47.8 Å². The monoisotopic (exact) mass is 421 g/mol. The molecule has 2 unspecified atom stereocenters. The summed E-state index contributed by atoms with van der Waals surface area (Å²) in [6.07, 6.45) is 7.62. The van der Waals surface area contributed by atoms with Crippen LogP contribution in [-0.4, -0.2) is 34.3 Å². The van der Waals surface area contributed by atoms with E-state index in [0.29, 0.717) is 18.0 Å². The first kappa shape index (κ1) is 23.0. The number of pyridine rings is 1. The Bertz CT molecular complexity index is 976. The van der Waals surface area contributed by atoms with E-state index in [4.69, 9.17) is 0 Å². The number of carbonyl (C=O) groups is 2. The predicted octanol–water partition coefficient (Wildman–Crippen LogP) is 5.18. The largest absolute Gasteiger partial charge is 0.348 e. The van der Waals surface area contributed by atoms with Crippen LogP contribution in [0.4, 0.5) is 0 Å². The molecule has 1 aromatic heterocycles. The molecule has 2 amide bonds. The number of hydrogen-bond acceptors (Lipinski definition) is 3. The lowest BCUT2D eigenvalue weighted by Gasteiger charge is -2.42. The van der Waals surface area contributed by atoms with Gasteiger partial charge in [-0.05, 0) is 48.3 Å². The van der Waals surface area contributed by atoms with Gasteiger partial charge in [-0.1, -0.05) is 51.8 Å². The molecule has 3 atom stereocenters. The number of hydrogen-bond donors (Lipinski definition) is 1. The average molecular weight is 422 g/mol. The number of nitrogens with one attached hydrogen (secondary N) is 1. The van der Waals surface area contributed by atoms with Crippen LogP contribution in [0.5, 0.6) is 0 Å². The number of aromatic nitrogens is 1. The zero-order chi connectivity index (χ0) is 22.5. The van der Waals surface area contributed by atoms with Gasteiger partial charge in [-0.2, -0.15) is 0 Å². The second kappa shape index (κ2) is 10.1. The van der Waals surface area contributed by atoms with E-state index in [1.807, 2.05) is 36.2 Å². The lowest BCUT2D eigenvalue weighted by atomic mass is 9.84. The molecule has 5 heteroatoms. The van der Waals surface area contributed by atoms with Gasteiger partial charge in [0.25, 0.3) is 0 Å². The molecule has 0 saturated heterocycles. The summed E-state index contributed by atoms with van der Waals surface area (Å²) >= 11 is 0. The zero-order valence-corrected chi connectivity index (χ0v) is 19.4. The van der Waals surface area contributed by atoms with Crippen molar-refractivity contribution in [3.63, 3.8) is 0 Å². The molecule has 0 fully saturated rings. The molecule has 3 rings (SSSR count). The number of fused-ring (bicyclic) bond motifs is 1. The topological polar surface area (TPSA) is 62.3 Å². The highest BCUT2D eigenvalue weighted by Gasteiger charge is 2.39. The minimum absolute atomic E-state index is 0.00676. The lowest BCUT2D eigenvalue weighted by Crippen LogP contribution is -2.47. The second-order valence-corrected chi connectivity index (χ2v) is 8.58. The molecule has 5 nitrogen and oxygen atoms in total. The summed E-state index contributed by atoms with van der Waals surface area (Å²) in [6, 6.07) is 7.72. The van der Waals surface area contributed by atoms with Crippen molar-refractivity contribution >= 4 is 22.6 Å². The molecule has 166 valence electrons. The minimum Gasteiger partial charge on any atom is -0.348 e. The third-order valence-electron chi connectivity index (χ3n) is 6.65. The molecule has 1 N–H and O–H groups in total. The SMILES string of the molecule is CCCC(CC)[C@@H](CC)N(C(C)=O)C(C1=C(C)CNC1=O)c1cccc2ccncc12. The molecule has 0 aliphatic carbocycles. The van der Waals surface area contributed by atoms with E-state index < -0.39 is 6.04 Å². The molecule has 1 aliphatic heterocycles. The highest BCUT2D eigenvalue weighted by Crippen LogP contribution is 2.40. The maximum Gasteiger partial charge on any atom is 0.249 e. The van der Waals surface area contributed by atoms with Crippen LogP contribution in [0.25, 0.3) is 10.8 Å². The quantitative estimate of drug-likeness (QED) is 0.607. The maximum atomic E-state index is 13.2. The Morgan fingerprint density at radius 3 is 2.55 bits per heavy atom. The van der Waals surface area contributed by atoms with Gasteiger partial charge in [0, 0.05) is 42.9 Å². The molecule has 2 aromatic rings. The van der Waals surface area contributed by atoms with Gasteiger partial charge in [-0.3, -0.25) is 14.6 Å². The van der Waals surface area contributed by atoms with Gasteiger partial charge >= 0.3 is 0 Å². The second-order valence-electron chi connectivity index (χ2n) is 8.58. The minimum atomic E-state index is -0.427. The molecule has 0 radical (unpaired) electrons. The van der Waals surface area contributed by atoms with E-state index in [1.165, 1.54) is 0 Å². The number of amides is 2. The van der Waals surface area contributed by atoms with Gasteiger partial charge in [0.15, 0.2) is 0 Å². The van der Waals surface area contributed by atoms with Crippen LogP contribution in [0.2, 0.25) is 0 Å². The summed E-state index contributed by atoms with van der Waals surface area (Å²) < 4.78 is 0. The van der Waals surface area contributed by atoms with Gasteiger partial charge in [0.1, 0.15) is 0 Å². The van der Waals surface area contributed by atoms with Gasteiger partial charge in [-0.25, -0.2) is 0 Å². The number of carbonyl (C=O) groups excluding carboxylic acids is 2. The van der Waals surface area contributed by atoms with Crippen LogP contribution in [-0.2, 0) is 9.59 Å². The van der Waals surface area contributed by atoms with Gasteiger partial charge in [0.2, 0.25) is 11.8 Å². The number of nitrogens with zero attached hydrogens (tertiary/aromatic N) is 2. The summed E-state index contributed by atoms with van der Waals surface area (Å²) in [5, 5.41) is 5.02. The molecule has 1 aliphatic rings. The van der Waals surface area contributed by atoms with E-state index >= 15 is 0 Å². The lowest BCUT2D eigenvalue weighted by molar-refractivity contribution is -0.135. The summed E-state index contributed by atoms with van der Waals surface area (Å²) in [7, 11) is 0. The molecule has 31 heavy (non-hydrogen) atoms. The predicted molar refractivity (Wildman–Crippen MR) is 125 cm³/mol. The molecule has 1 aromatic carbocycles. The Morgan fingerprint density at radius 2 is 1.97 bits per heavy atom. The highest BCUT2D eigenvalue weighted by atomic mass is 16.2. The van der Waals surface area contributed by atoms with E-state index in [2.05, 4.69) is 37.1 Å². The van der Waals surface area contributed by atoms with Crippen molar-refractivity contribution in [3.8, 4) is 0 Å². The van der Waals surface area contributed by atoms with Gasteiger partial charge < -0.3 is 10.2 Å². The molecule has 0 saturated carbocycles. The summed E-state index contributed by atoms with van der Waals surface area (Å²) in [5.41, 5.74) is 2.67. The third kappa shape index (κ3) is 4.51. The smallest absolute Gasteiger partial charge is 0.249 e. The first-order valence-electron chi connectivity index (χ1n) is 11.5. The first-order chi connectivity index (χ1) is 14.9. The Balaban J connectivity index is 2.27. The van der Waals surface area contributed by atoms with Crippen LogP contribution in [0, 0.1) is 5.92 Å². The van der Waals surface area contributed by atoms with E-state index in [0.717, 1.165) is 47.6 Å². The van der Waals surface area contributed by atoms with Crippen molar-refractivity contribution in [1.29, 1.82) is 0 Å². The highest BCUT2D eigenvalue weighted by molar-refractivity contribution is 6.00. The van der Waals surface area contributed by atoms with Crippen LogP contribution < -0.4 is 5.32 Å².